The molecule has 0 rings (SSSR count). The summed E-state index contributed by atoms with van der Waals surface area (Å²) in [6.45, 7) is 0. The van der Waals surface area contributed by atoms with Gasteiger partial charge >= 0.3 is 81.6 Å². The fraction of sp³-hybridized carbons (Fsp3) is 0. The van der Waals surface area contributed by atoms with Gasteiger partial charge in [-0.1, -0.05) is 0 Å². The molecule has 0 aliphatic heterocycles. The minimum absolute atomic E-state index is 0. The van der Waals surface area contributed by atoms with E-state index >= 15 is 0 Å². The Morgan fingerprint density at radius 1 is 1.14 bits per heavy atom. The van der Waals surface area contributed by atoms with Crippen molar-refractivity contribution in [1.82, 2.24) is 0 Å². The van der Waals surface area contributed by atoms with Crippen molar-refractivity contribution in [3.05, 3.63) is 7.43 Å². The monoisotopic (exact) mass is 158 g/mol. The van der Waals surface area contributed by atoms with Crippen LogP contribution in [-0.4, -0.2) is 91.8 Å². The fourth-order valence-electron chi connectivity index (χ4n) is 0. The van der Waals surface area contributed by atoms with Crippen molar-refractivity contribution in [1.29, 1.82) is 0 Å². The Labute approximate surface area is 102 Å². The van der Waals surface area contributed by atoms with Gasteiger partial charge < -0.3 is 10.2 Å². The topological polar surface area (TPSA) is 57.5 Å². The molecular formula is C2H6Ca2O3. The Morgan fingerprint density at radius 3 is 1.14 bits per heavy atom. The van der Waals surface area contributed by atoms with Crippen LogP contribution in [0.3, 0.4) is 0 Å². The van der Waals surface area contributed by atoms with Gasteiger partial charge in [-0.3, -0.25) is 0 Å². The molecule has 0 saturated carbocycles. The van der Waals surface area contributed by atoms with Gasteiger partial charge in [-0.05, 0) is 0 Å². The molecule has 0 unspecified atom stereocenters. The molecule has 0 saturated heterocycles. The number of carbonyl (C=O) groups is 1. The van der Waals surface area contributed by atoms with Crippen LogP contribution in [0.5, 0.6) is 0 Å². The van der Waals surface area contributed by atoms with Crippen LogP contribution < -0.4 is 0 Å². The van der Waals surface area contributed by atoms with E-state index in [1.807, 2.05) is 0 Å². The molecule has 0 aliphatic rings. The number of hydrogen-bond donors (Lipinski definition) is 2. The van der Waals surface area contributed by atoms with Crippen molar-refractivity contribution in [2.24, 2.45) is 0 Å². The molecule has 36 valence electrons. The predicted molar refractivity (Wildman–Crippen MR) is 31.0 cm³/mol. The molecule has 0 fully saturated rings. The van der Waals surface area contributed by atoms with Gasteiger partial charge in [0.1, 0.15) is 0 Å². The van der Waals surface area contributed by atoms with Crippen LogP contribution in [0.25, 0.3) is 0 Å². The van der Waals surface area contributed by atoms with Crippen LogP contribution >= 0.6 is 0 Å². The van der Waals surface area contributed by atoms with Gasteiger partial charge in [-0.25, -0.2) is 4.79 Å². The van der Waals surface area contributed by atoms with E-state index < -0.39 is 6.16 Å². The fourth-order valence-corrected chi connectivity index (χ4v) is 0. The summed E-state index contributed by atoms with van der Waals surface area (Å²) in [7, 11) is 0. The Morgan fingerprint density at radius 2 is 1.14 bits per heavy atom. The van der Waals surface area contributed by atoms with Crippen molar-refractivity contribution in [2.75, 3.05) is 0 Å². The zero-order chi connectivity index (χ0) is 3.58. The SMILES string of the molecule is O=C(O)O.[C].[CaH2].[CaH2]. The molecule has 2 N–H and O–H groups in total. The van der Waals surface area contributed by atoms with Crippen molar-refractivity contribution in [3.63, 3.8) is 0 Å². The molecular weight excluding hydrogens is 152 g/mol. The van der Waals surface area contributed by atoms with E-state index in [0.29, 0.717) is 0 Å². The summed E-state index contributed by atoms with van der Waals surface area (Å²) in [5.41, 5.74) is 0. The third kappa shape index (κ3) is 81.5. The first-order valence-electron chi connectivity index (χ1n) is 0.651. The molecule has 0 aromatic rings. The second-order valence-corrected chi connectivity index (χ2v) is 0.283. The third-order valence-corrected chi connectivity index (χ3v) is 0. The van der Waals surface area contributed by atoms with Crippen molar-refractivity contribution >= 4 is 81.6 Å². The molecule has 5 heteroatoms. The standard InChI is InChI=1S/CH2O3.C.2Ca.4H/c2-1(3)4;;;;;;;/h(H2,2,3,4);;;;;;;. The predicted octanol–water partition coefficient (Wildman–Crippen LogP) is -1.53. The van der Waals surface area contributed by atoms with Gasteiger partial charge in [0.25, 0.3) is 0 Å². The molecule has 4 radical (unpaired) electrons. The first kappa shape index (κ1) is 23.2. The van der Waals surface area contributed by atoms with E-state index in [1.54, 1.807) is 0 Å². The van der Waals surface area contributed by atoms with Gasteiger partial charge in [0.2, 0.25) is 0 Å². The van der Waals surface area contributed by atoms with E-state index in [9.17, 15) is 0 Å². The second kappa shape index (κ2) is 15.7. The molecule has 0 bridgehead atoms. The van der Waals surface area contributed by atoms with Crippen LogP contribution in [0.15, 0.2) is 0 Å². The molecule has 0 heterocycles. The van der Waals surface area contributed by atoms with Crippen LogP contribution in [0.2, 0.25) is 0 Å². The van der Waals surface area contributed by atoms with Gasteiger partial charge in [-0.2, -0.15) is 0 Å². The van der Waals surface area contributed by atoms with E-state index in [-0.39, 0.29) is 82.9 Å². The van der Waals surface area contributed by atoms with E-state index in [2.05, 4.69) is 0 Å². The van der Waals surface area contributed by atoms with Gasteiger partial charge in [-0.15, -0.1) is 0 Å². The summed E-state index contributed by atoms with van der Waals surface area (Å²) in [5.74, 6) is 0. The zero-order valence-electron chi connectivity index (χ0n) is 2.30. The zero-order valence-corrected chi connectivity index (χ0v) is 2.30. The Bertz CT molecular complexity index is 33.9. The molecule has 0 aromatic heterocycles. The van der Waals surface area contributed by atoms with E-state index in [0.717, 1.165) is 0 Å². The summed E-state index contributed by atoms with van der Waals surface area (Å²) in [6, 6.07) is 0. The van der Waals surface area contributed by atoms with Crippen molar-refractivity contribution in [2.45, 2.75) is 0 Å². The summed E-state index contributed by atoms with van der Waals surface area (Å²) in [5, 5.41) is 13.9. The maximum absolute atomic E-state index is 8.56. The molecule has 0 aromatic carbocycles. The van der Waals surface area contributed by atoms with Crippen molar-refractivity contribution in [3.8, 4) is 0 Å². The number of hydrogen-bond acceptors (Lipinski definition) is 1. The van der Waals surface area contributed by atoms with Gasteiger partial charge in [0.15, 0.2) is 0 Å². The summed E-state index contributed by atoms with van der Waals surface area (Å²) in [4.78, 5) is 8.56. The molecule has 3 nitrogen and oxygen atoms in total. The Balaban J connectivity index is -0.0000000150. The summed E-state index contributed by atoms with van der Waals surface area (Å²) >= 11 is 0. The minimum atomic E-state index is -1.83. The van der Waals surface area contributed by atoms with Gasteiger partial charge in [0, 0.05) is 7.43 Å². The van der Waals surface area contributed by atoms with Crippen LogP contribution in [-0.2, 0) is 0 Å². The summed E-state index contributed by atoms with van der Waals surface area (Å²) < 4.78 is 0. The van der Waals surface area contributed by atoms with E-state index in [1.165, 1.54) is 0 Å². The number of carboxylic acid groups (broad SMARTS) is 2. The second-order valence-electron chi connectivity index (χ2n) is 0.283. The quantitative estimate of drug-likeness (QED) is 0.421. The summed E-state index contributed by atoms with van der Waals surface area (Å²) in [6.07, 6.45) is -1.83. The number of rotatable bonds is 0. The molecule has 0 spiro atoms. The average Bonchev–Trinajstić information content (AvgIpc) is 0.811. The first-order valence-corrected chi connectivity index (χ1v) is 0.651. The van der Waals surface area contributed by atoms with Crippen LogP contribution in [0.1, 0.15) is 0 Å². The molecule has 0 amide bonds. The molecule has 7 heavy (non-hydrogen) atoms. The molecule has 0 aliphatic carbocycles. The van der Waals surface area contributed by atoms with Gasteiger partial charge in [0.05, 0.1) is 0 Å². The molecule has 0 atom stereocenters. The van der Waals surface area contributed by atoms with Crippen LogP contribution in [0, 0.1) is 7.43 Å². The Kier molecular flexibility index (Phi) is 52.0. The average molecular weight is 158 g/mol. The first-order chi connectivity index (χ1) is 1.73. The normalized spacial score (nSPS) is 3.43. The van der Waals surface area contributed by atoms with Crippen molar-refractivity contribution < 1.29 is 15.0 Å². The maximum atomic E-state index is 8.56. The third-order valence-electron chi connectivity index (χ3n) is 0. The van der Waals surface area contributed by atoms with E-state index in [4.69, 9.17) is 15.0 Å². The van der Waals surface area contributed by atoms with Crippen LogP contribution in [0.4, 0.5) is 4.79 Å². The Hall–Kier alpha value is 1.79.